The normalized spacial score (nSPS) is 14.2. The van der Waals surface area contributed by atoms with Crippen molar-refractivity contribution in [3.05, 3.63) is 59.4 Å². The lowest BCUT2D eigenvalue weighted by atomic mass is 9.96. The molecule has 0 atom stereocenters. The van der Waals surface area contributed by atoms with E-state index in [1.165, 1.54) is 19.2 Å². The van der Waals surface area contributed by atoms with E-state index in [-0.39, 0.29) is 34.2 Å². The summed E-state index contributed by atoms with van der Waals surface area (Å²) in [6, 6.07) is 9.48. The second-order valence-corrected chi connectivity index (χ2v) is 7.83. The summed E-state index contributed by atoms with van der Waals surface area (Å²) >= 11 is 0. The van der Waals surface area contributed by atoms with E-state index in [1.54, 1.807) is 12.1 Å². The van der Waals surface area contributed by atoms with E-state index >= 15 is 0 Å². The van der Waals surface area contributed by atoms with Crippen LogP contribution in [-0.2, 0) is 0 Å². The number of nitriles is 1. The van der Waals surface area contributed by atoms with Crippen LogP contribution in [0.15, 0.2) is 36.4 Å². The highest BCUT2D eigenvalue weighted by Crippen LogP contribution is 2.42. The Balaban J connectivity index is 1.96. The van der Waals surface area contributed by atoms with Crippen LogP contribution in [0.1, 0.15) is 18.4 Å². The van der Waals surface area contributed by atoms with Gasteiger partial charge in [0, 0.05) is 30.8 Å². The molecule has 0 radical (unpaired) electrons. The number of phenols is 1. The number of rotatable bonds is 4. The molecule has 0 amide bonds. The van der Waals surface area contributed by atoms with Crippen LogP contribution in [-0.4, -0.2) is 36.3 Å². The van der Waals surface area contributed by atoms with Crippen LogP contribution in [0.5, 0.6) is 11.5 Å². The zero-order chi connectivity index (χ0) is 23.7. The number of ether oxygens (including phenoxy) is 1. The number of nitrogens with two attached hydrogens (primary N) is 1. The maximum Gasteiger partial charge on any atom is 0.200 e. The SMILES string of the molecule is COc1cc(N2CCC(N)CC2)nc(-c2ccc(C#N)c(F)c2)c1-c1cc(O)c(F)c(F)c1. The predicted molar refractivity (Wildman–Crippen MR) is 117 cm³/mol. The molecule has 1 aromatic heterocycles. The number of phenolic OH excluding ortho intramolecular Hbond substituents is 1. The van der Waals surface area contributed by atoms with E-state index < -0.39 is 23.2 Å². The third-order valence-corrected chi connectivity index (χ3v) is 5.71. The van der Waals surface area contributed by atoms with E-state index in [2.05, 4.69) is 0 Å². The fourth-order valence-corrected chi connectivity index (χ4v) is 3.92. The third kappa shape index (κ3) is 4.30. The van der Waals surface area contributed by atoms with Crippen LogP contribution in [0.2, 0.25) is 0 Å². The zero-order valence-electron chi connectivity index (χ0n) is 17.8. The molecular formula is C24H21F3N4O2. The number of nitrogens with zero attached hydrogens (tertiary/aromatic N) is 3. The first-order valence-corrected chi connectivity index (χ1v) is 10.3. The fourth-order valence-electron chi connectivity index (χ4n) is 3.92. The summed E-state index contributed by atoms with van der Waals surface area (Å²) in [6.07, 6.45) is 1.53. The smallest absolute Gasteiger partial charge is 0.200 e. The van der Waals surface area contributed by atoms with Gasteiger partial charge in [-0.05, 0) is 42.7 Å². The molecule has 9 heteroatoms. The van der Waals surface area contributed by atoms with Gasteiger partial charge >= 0.3 is 0 Å². The van der Waals surface area contributed by atoms with Gasteiger partial charge in [0.2, 0.25) is 0 Å². The second kappa shape index (κ2) is 9.00. The van der Waals surface area contributed by atoms with Crippen molar-refractivity contribution in [1.82, 2.24) is 4.98 Å². The Bertz CT molecular complexity index is 1230. The Labute approximate surface area is 188 Å². The second-order valence-electron chi connectivity index (χ2n) is 7.83. The highest BCUT2D eigenvalue weighted by molar-refractivity contribution is 5.87. The molecule has 0 bridgehead atoms. The van der Waals surface area contributed by atoms with Crippen LogP contribution in [0.3, 0.4) is 0 Å². The number of anilines is 1. The van der Waals surface area contributed by atoms with E-state index in [0.29, 0.717) is 24.5 Å². The average Bonchev–Trinajstić information content (AvgIpc) is 2.81. The van der Waals surface area contributed by atoms with Crippen molar-refractivity contribution in [3.8, 4) is 40.0 Å². The molecule has 3 aromatic rings. The molecule has 1 fully saturated rings. The number of halogens is 3. The Hall–Kier alpha value is -3.77. The van der Waals surface area contributed by atoms with Crippen LogP contribution in [0, 0.1) is 28.8 Å². The summed E-state index contributed by atoms with van der Waals surface area (Å²) in [4.78, 5) is 6.73. The number of methoxy groups -OCH3 is 1. The van der Waals surface area contributed by atoms with Gasteiger partial charge in [-0.3, -0.25) is 0 Å². The number of pyridine rings is 1. The molecule has 0 aliphatic carbocycles. The van der Waals surface area contributed by atoms with Crippen LogP contribution in [0.25, 0.3) is 22.4 Å². The van der Waals surface area contributed by atoms with E-state index in [9.17, 15) is 18.3 Å². The molecule has 6 nitrogen and oxygen atoms in total. The van der Waals surface area contributed by atoms with Gasteiger partial charge in [-0.1, -0.05) is 6.07 Å². The van der Waals surface area contributed by atoms with Gasteiger partial charge < -0.3 is 20.5 Å². The predicted octanol–water partition coefficient (Wildman–Crippen LogP) is 4.35. The van der Waals surface area contributed by atoms with E-state index in [4.69, 9.17) is 20.7 Å². The number of hydrogen-bond donors (Lipinski definition) is 2. The number of aromatic hydroxyl groups is 1. The van der Waals surface area contributed by atoms with Gasteiger partial charge in [0.1, 0.15) is 23.5 Å². The molecule has 2 heterocycles. The van der Waals surface area contributed by atoms with Gasteiger partial charge in [0.05, 0.1) is 23.9 Å². The number of aromatic nitrogens is 1. The molecule has 3 N–H and O–H groups in total. The summed E-state index contributed by atoms with van der Waals surface area (Å²) in [5.41, 5.74) is 6.75. The summed E-state index contributed by atoms with van der Waals surface area (Å²) in [5.74, 6) is -3.42. The molecule has 4 rings (SSSR count). The first-order valence-electron chi connectivity index (χ1n) is 10.3. The lowest BCUT2D eigenvalue weighted by Gasteiger charge is -2.32. The summed E-state index contributed by atoms with van der Waals surface area (Å²) in [5, 5.41) is 18.9. The molecule has 1 aliphatic heterocycles. The van der Waals surface area contributed by atoms with Crippen molar-refractivity contribution < 1.29 is 23.0 Å². The lowest BCUT2D eigenvalue weighted by molar-refractivity contribution is 0.406. The maximum absolute atomic E-state index is 14.5. The lowest BCUT2D eigenvalue weighted by Crippen LogP contribution is -2.40. The van der Waals surface area contributed by atoms with Gasteiger partial charge in [-0.25, -0.2) is 13.8 Å². The highest BCUT2D eigenvalue weighted by atomic mass is 19.2. The largest absolute Gasteiger partial charge is 0.505 e. The van der Waals surface area contributed by atoms with Gasteiger partial charge in [-0.2, -0.15) is 9.65 Å². The monoisotopic (exact) mass is 454 g/mol. The standard InChI is InChI=1S/C24H21F3N4O2/c1-33-20-11-21(31-6-4-16(29)5-7-31)30-24(13-2-3-14(12-28)17(25)8-13)22(20)15-9-18(26)23(27)19(32)10-15/h2-3,8-11,16,32H,4-7,29H2,1H3. The van der Waals surface area contributed by atoms with Crippen molar-refractivity contribution >= 4 is 5.82 Å². The van der Waals surface area contributed by atoms with Crippen LogP contribution in [0.4, 0.5) is 19.0 Å². The molecule has 33 heavy (non-hydrogen) atoms. The van der Waals surface area contributed by atoms with E-state index in [1.807, 2.05) is 4.90 Å². The Morgan fingerprint density at radius 3 is 2.39 bits per heavy atom. The molecule has 0 unspecified atom stereocenters. The van der Waals surface area contributed by atoms with E-state index in [0.717, 1.165) is 31.0 Å². The van der Waals surface area contributed by atoms with Crippen molar-refractivity contribution in [2.75, 3.05) is 25.1 Å². The topological polar surface area (TPSA) is 95.4 Å². The zero-order valence-corrected chi connectivity index (χ0v) is 17.8. The van der Waals surface area contributed by atoms with Crippen molar-refractivity contribution in [2.24, 2.45) is 5.73 Å². The molecule has 0 spiro atoms. The fraction of sp³-hybridized carbons (Fsp3) is 0.250. The Morgan fingerprint density at radius 2 is 1.79 bits per heavy atom. The van der Waals surface area contributed by atoms with Crippen LogP contribution < -0.4 is 15.4 Å². The molecule has 1 aliphatic rings. The van der Waals surface area contributed by atoms with Crippen molar-refractivity contribution in [2.45, 2.75) is 18.9 Å². The summed E-state index contributed by atoms with van der Waals surface area (Å²) < 4.78 is 47.9. The first kappa shape index (κ1) is 22.4. The average molecular weight is 454 g/mol. The molecular weight excluding hydrogens is 433 g/mol. The summed E-state index contributed by atoms with van der Waals surface area (Å²) in [6.45, 7) is 1.31. The molecule has 0 saturated carbocycles. The quantitative estimate of drug-likeness (QED) is 0.609. The number of piperidine rings is 1. The molecule has 170 valence electrons. The minimum Gasteiger partial charge on any atom is -0.505 e. The van der Waals surface area contributed by atoms with Gasteiger partial charge in [-0.15, -0.1) is 0 Å². The minimum atomic E-state index is -1.38. The molecule has 1 saturated heterocycles. The van der Waals surface area contributed by atoms with Crippen molar-refractivity contribution in [1.29, 1.82) is 5.26 Å². The number of benzene rings is 2. The highest BCUT2D eigenvalue weighted by Gasteiger charge is 2.24. The summed E-state index contributed by atoms with van der Waals surface area (Å²) in [7, 11) is 1.41. The third-order valence-electron chi connectivity index (χ3n) is 5.71. The molecule has 2 aromatic carbocycles. The maximum atomic E-state index is 14.5. The Kier molecular flexibility index (Phi) is 6.11. The first-order chi connectivity index (χ1) is 15.8. The van der Waals surface area contributed by atoms with Crippen LogP contribution >= 0.6 is 0 Å². The van der Waals surface area contributed by atoms with Gasteiger partial charge in [0.25, 0.3) is 0 Å². The minimum absolute atomic E-state index is 0.0969. The van der Waals surface area contributed by atoms with Crippen molar-refractivity contribution in [3.63, 3.8) is 0 Å². The number of hydrogen-bond acceptors (Lipinski definition) is 6. The van der Waals surface area contributed by atoms with Gasteiger partial charge in [0.15, 0.2) is 17.4 Å². The Morgan fingerprint density at radius 1 is 1.09 bits per heavy atom.